The van der Waals surface area contributed by atoms with E-state index in [2.05, 4.69) is 0 Å². The van der Waals surface area contributed by atoms with Crippen LogP contribution < -0.4 is 5.73 Å². The molecule has 1 aliphatic rings. The highest BCUT2D eigenvalue weighted by atomic mass is 16.4. The Hall–Kier alpha value is -1.88. The number of rotatable bonds is 4. The van der Waals surface area contributed by atoms with Crippen molar-refractivity contribution >= 4 is 11.9 Å². The minimum Gasteiger partial charge on any atom is -0.480 e. The van der Waals surface area contributed by atoms with Gasteiger partial charge in [0.1, 0.15) is 5.54 Å². The molecular formula is C15H20N2O3. The van der Waals surface area contributed by atoms with Gasteiger partial charge in [0.25, 0.3) is 0 Å². The molecule has 1 fully saturated rings. The molecule has 108 valence electrons. The second-order valence-electron chi connectivity index (χ2n) is 5.37. The van der Waals surface area contributed by atoms with E-state index in [9.17, 15) is 14.7 Å². The first-order chi connectivity index (χ1) is 9.50. The van der Waals surface area contributed by atoms with Gasteiger partial charge in [0, 0.05) is 13.1 Å². The minimum absolute atomic E-state index is 0.176. The monoisotopic (exact) mass is 276 g/mol. The quantitative estimate of drug-likeness (QED) is 0.865. The van der Waals surface area contributed by atoms with Gasteiger partial charge in [0.2, 0.25) is 5.91 Å². The first kappa shape index (κ1) is 14.5. The van der Waals surface area contributed by atoms with E-state index in [0.29, 0.717) is 19.4 Å². The molecule has 2 rings (SSSR count). The molecule has 1 aromatic carbocycles. The zero-order chi connectivity index (χ0) is 14.8. The van der Waals surface area contributed by atoms with Gasteiger partial charge in [-0.1, -0.05) is 30.3 Å². The van der Waals surface area contributed by atoms with Crippen LogP contribution in [-0.2, 0) is 9.59 Å². The Labute approximate surface area is 118 Å². The average Bonchev–Trinajstić information content (AvgIpc) is 2.84. The molecule has 2 unspecified atom stereocenters. The van der Waals surface area contributed by atoms with Crippen molar-refractivity contribution in [2.75, 3.05) is 13.1 Å². The number of nitrogens with two attached hydrogens (primary N) is 1. The van der Waals surface area contributed by atoms with Crippen LogP contribution in [0.25, 0.3) is 0 Å². The lowest BCUT2D eigenvalue weighted by Gasteiger charge is -2.33. The number of carboxylic acid groups (broad SMARTS) is 1. The van der Waals surface area contributed by atoms with Gasteiger partial charge in [-0.15, -0.1) is 0 Å². The molecule has 1 aromatic rings. The molecule has 20 heavy (non-hydrogen) atoms. The summed E-state index contributed by atoms with van der Waals surface area (Å²) < 4.78 is 0. The molecule has 0 aliphatic carbocycles. The van der Waals surface area contributed by atoms with Crippen LogP contribution in [0.4, 0.5) is 0 Å². The van der Waals surface area contributed by atoms with E-state index in [1.807, 2.05) is 30.3 Å². The van der Waals surface area contributed by atoms with Crippen molar-refractivity contribution in [1.82, 2.24) is 4.90 Å². The highest BCUT2D eigenvalue weighted by Gasteiger charge is 2.47. The molecular weight excluding hydrogens is 256 g/mol. The molecule has 0 spiro atoms. The molecule has 0 saturated carbocycles. The van der Waals surface area contributed by atoms with Crippen molar-refractivity contribution in [3.05, 3.63) is 35.9 Å². The Morgan fingerprint density at radius 1 is 1.40 bits per heavy atom. The average molecular weight is 276 g/mol. The maximum atomic E-state index is 12.7. The van der Waals surface area contributed by atoms with Gasteiger partial charge in [-0.25, -0.2) is 4.79 Å². The summed E-state index contributed by atoms with van der Waals surface area (Å²) in [5, 5.41) is 9.39. The summed E-state index contributed by atoms with van der Waals surface area (Å²) in [4.78, 5) is 25.6. The fraction of sp³-hybridized carbons (Fsp3) is 0.467. The summed E-state index contributed by atoms with van der Waals surface area (Å²) >= 11 is 0. The van der Waals surface area contributed by atoms with E-state index < -0.39 is 17.4 Å². The maximum absolute atomic E-state index is 12.7. The number of benzene rings is 1. The Bertz CT molecular complexity index is 503. The number of nitrogens with zero attached hydrogens (tertiary/aromatic N) is 1. The smallest absolute Gasteiger partial charge is 0.329 e. The topological polar surface area (TPSA) is 83.6 Å². The van der Waals surface area contributed by atoms with E-state index in [-0.39, 0.29) is 12.5 Å². The predicted octanol–water partition coefficient (Wildman–Crippen LogP) is 1.19. The fourth-order valence-corrected chi connectivity index (χ4v) is 2.79. The van der Waals surface area contributed by atoms with Gasteiger partial charge in [-0.2, -0.15) is 0 Å². The maximum Gasteiger partial charge on any atom is 0.329 e. The van der Waals surface area contributed by atoms with Crippen LogP contribution in [0, 0.1) is 0 Å². The largest absolute Gasteiger partial charge is 0.480 e. The Morgan fingerprint density at radius 2 is 2.05 bits per heavy atom. The van der Waals surface area contributed by atoms with Crippen LogP contribution in [0.5, 0.6) is 0 Å². The van der Waals surface area contributed by atoms with Crippen LogP contribution >= 0.6 is 0 Å². The van der Waals surface area contributed by atoms with E-state index in [4.69, 9.17) is 5.73 Å². The summed E-state index contributed by atoms with van der Waals surface area (Å²) in [6, 6.07) is 9.28. The van der Waals surface area contributed by atoms with Gasteiger partial charge >= 0.3 is 5.97 Å². The van der Waals surface area contributed by atoms with Gasteiger partial charge in [-0.05, 0) is 25.3 Å². The zero-order valence-electron chi connectivity index (χ0n) is 11.6. The van der Waals surface area contributed by atoms with Crippen molar-refractivity contribution < 1.29 is 14.7 Å². The van der Waals surface area contributed by atoms with Gasteiger partial charge in [0.05, 0.1) is 5.92 Å². The van der Waals surface area contributed by atoms with Gasteiger partial charge < -0.3 is 15.7 Å². The number of carbonyl (C=O) groups excluding carboxylic acids is 1. The van der Waals surface area contributed by atoms with Crippen LogP contribution in [0.1, 0.15) is 31.2 Å². The zero-order valence-corrected chi connectivity index (χ0v) is 11.6. The highest BCUT2D eigenvalue weighted by molar-refractivity contribution is 5.91. The van der Waals surface area contributed by atoms with Crippen molar-refractivity contribution in [3.63, 3.8) is 0 Å². The molecule has 5 heteroatoms. The summed E-state index contributed by atoms with van der Waals surface area (Å²) in [6.07, 6.45) is 1.20. The molecule has 0 bridgehead atoms. The third kappa shape index (κ3) is 2.41. The number of likely N-dealkylation sites (tertiary alicyclic amines) is 1. The summed E-state index contributed by atoms with van der Waals surface area (Å²) in [5.74, 6) is -1.62. The molecule has 5 nitrogen and oxygen atoms in total. The Morgan fingerprint density at radius 3 is 2.60 bits per heavy atom. The first-order valence-electron chi connectivity index (χ1n) is 6.80. The van der Waals surface area contributed by atoms with Crippen molar-refractivity contribution in [2.24, 2.45) is 5.73 Å². The lowest BCUT2D eigenvalue weighted by atomic mass is 9.94. The number of aliphatic carboxylic acids is 1. The Kier molecular flexibility index (Phi) is 4.09. The van der Waals surface area contributed by atoms with Crippen LogP contribution in [0.3, 0.4) is 0 Å². The standard InChI is InChI=1S/C15H20N2O3/c1-15(14(19)20)8-5-9-17(15)13(18)12(10-16)11-6-3-2-4-7-11/h2-4,6-7,12H,5,8-10,16H2,1H3,(H,19,20). The number of carboxylic acids is 1. The first-order valence-corrected chi connectivity index (χ1v) is 6.80. The van der Waals surface area contributed by atoms with Crippen molar-refractivity contribution in [1.29, 1.82) is 0 Å². The van der Waals surface area contributed by atoms with Gasteiger partial charge in [0.15, 0.2) is 0 Å². The molecule has 0 aromatic heterocycles. The minimum atomic E-state index is -1.11. The normalized spacial score (nSPS) is 23.6. The van der Waals surface area contributed by atoms with Crippen LogP contribution in [0.2, 0.25) is 0 Å². The van der Waals surface area contributed by atoms with Gasteiger partial charge in [-0.3, -0.25) is 4.79 Å². The second-order valence-corrected chi connectivity index (χ2v) is 5.37. The fourth-order valence-electron chi connectivity index (χ4n) is 2.79. The van der Waals surface area contributed by atoms with E-state index >= 15 is 0 Å². The SMILES string of the molecule is CC1(C(=O)O)CCCN1C(=O)C(CN)c1ccccc1. The lowest BCUT2D eigenvalue weighted by molar-refractivity contribution is -0.155. The summed E-state index contributed by atoms with van der Waals surface area (Å²) in [7, 11) is 0. The third-order valence-corrected chi connectivity index (χ3v) is 4.10. The second kappa shape index (κ2) is 5.63. The van der Waals surface area contributed by atoms with Crippen LogP contribution in [0.15, 0.2) is 30.3 Å². The third-order valence-electron chi connectivity index (χ3n) is 4.10. The van der Waals surface area contributed by atoms with E-state index in [1.54, 1.807) is 6.92 Å². The molecule has 1 aliphatic heterocycles. The molecule has 0 radical (unpaired) electrons. The number of hydrogen-bond donors (Lipinski definition) is 2. The molecule has 3 N–H and O–H groups in total. The van der Waals surface area contributed by atoms with E-state index in [0.717, 1.165) is 5.56 Å². The van der Waals surface area contributed by atoms with Crippen molar-refractivity contribution in [2.45, 2.75) is 31.2 Å². The number of hydrogen-bond acceptors (Lipinski definition) is 3. The van der Waals surface area contributed by atoms with E-state index in [1.165, 1.54) is 4.90 Å². The Balaban J connectivity index is 2.28. The molecule has 1 heterocycles. The molecule has 1 saturated heterocycles. The molecule has 1 amide bonds. The number of carbonyl (C=O) groups is 2. The summed E-state index contributed by atoms with van der Waals surface area (Å²) in [5.41, 5.74) is 5.46. The molecule has 2 atom stereocenters. The predicted molar refractivity (Wildman–Crippen MR) is 75.2 cm³/mol. The van der Waals surface area contributed by atoms with Crippen LogP contribution in [-0.4, -0.2) is 40.5 Å². The van der Waals surface area contributed by atoms with Crippen molar-refractivity contribution in [3.8, 4) is 0 Å². The summed E-state index contributed by atoms with van der Waals surface area (Å²) in [6.45, 7) is 2.26. The highest BCUT2D eigenvalue weighted by Crippen LogP contribution is 2.32. The lowest BCUT2D eigenvalue weighted by Crippen LogP contribution is -2.52. The number of amides is 1.